The van der Waals surface area contributed by atoms with Crippen molar-refractivity contribution in [1.82, 2.24) is 4.90 Å². The van der Waals surface area contributed by atoms with Crippen molar-refractivity contribution in [2.24, 2.45) is 5.73 Å². The van der Waals surface area contributed by atoms with Crippen LogP contribution in [0.25, 0.3) is 0 Å². The molecule has 0 atom stereocenters. The van der Waals surface area contributed by atoms with Gasteiger partial charge in [0.25, 0.3) is 0 Å². The van der Waals surface area contributed by atoms with Crippen LogP contribution < -0.4 is 5.73 Å². The van der Waals surface area contributed by atoms with Crippen LogP contribution in [0, 0.1) is 5.82 Å². The van der Waals surface area contributed by atoms with E-state index < -0.39 is 0 Å². The summed E-state index contributed by atoms with van der Waals surface area (Å²) in [6.07, 6.45) is 1.06. The normalized spacial score (nSPS) is 11.1. The van der Waals surface area contributed by atoms with E-state index in [-0.39, 0.29) is 12.4 Å². The lowest BCUT2D eigenvalue weighted by Gasteiger charge is -2.17. The van der Waals surface area contributed by atoms with Gasteiger partial charge in [0.05, 0.1) is 0 Å². The molecule has 0 fully saturated rings. The molecule has 0 aromatic heterocycles. The lowest BCUT2D eigenvalue weighted by Crippen LogP contribution is -2.17. The first kappa shape index (κ1) is 15.7. The van der Waals surface area contributed by atoms with Crippen molar-refractivity contribution in [1.29, 1.82) is 0 Å². The van der Waals surface area contributed by atoms with Gasteiger partial charge in [0.15, 0.2) is 0 Å². The highest BCUT2D eigenvalue weighted by atomic mass is 19.1. The molecule has 0 spiro atoms. The molecule has 2 aromatic rings. The molecule has 21 heavy (non-hydrogen) atoms. The van der Waals surface area contributed by atoms with E-state index in [2.05, 4.69) is 43.1 Å². The number of benzene rings is 2. The molecule has 2 nitrogen and oxygen atoms in total. The van der Waals surface area contributed by atoms with E-state index >= 15 is 0 Å². The van der Waals surface area contributed by atoms with Gasteiger partial charge < -0.3 is 5.73 Å². The van der Waals surface area contributed by atoms with Crippen molar-refractivity contribution >= 4 is 0 Å². The maximum Gasteiger partial charge on any atom is 0.127 e. The summed E-state index contributed by atoms with van der Waals surface area (Å²) in [7, 11) is 2.07. The fourth-order valence-corrected chi connectivity index (χ4v) is 2.44. The molecule has 0 bridgehead atoms. The second-order valence-electron chi connectivity index (χ2n) is 5.47. The Labute approximate surface area is 126 Å². The molecule has 0 radical (unpaired) electrons. The smallest absolute Gasteiger partial charge is 0.127 e. The summed E-state index contributed by atoms with van der Waals surface area (Å²) in [6.45, 7) is 4.05. The molecule has 0 heterocycles. The molecule has 0 unspecified atom stereocenters. The van der Waals surface area contributed by atoms with E-state index in [9.17, 15) is 4.39 Å². The van der Waals surface area contributed by atoms with Crippen molar-refractivity contribution in [2.75, 3.05) is 7.05 Å². The molecule has 0 aliphatic rings. The predicted octanol–water partition coefficient (Wildman–Crippen LogP) is 3.48. The van der Waals surface area contributed by atoms with Gasteiger partial charge in [-0.05, 0) is 36.2 Å². The SMILES string of the molecule is CCc1ccc(CN(C)Cc2ccc(F)c(CN)c2)cc1. The van der Waals surface area contributed by atoms with Gasteiger partial charge in [0, 0.05) is 25.2 Å². The minimum Gasteiger partial charge on any atom is -0.326 e. The van der Waals surface area contributed by atoms with Crippen LogP contribution in [-0.2, 0) is 26.1 Å². The van der Waals surface area contributed by atoms with Gasteiger partial charge in [0.1, 0.15) is 5.82 Å². The van der Waals surface area contributed by atoms with Crippen LogP contribution in [0.3, 0.4) is 0 Å². The van der Waals surface area contributed by atoms with Gasteiger partial charge in [0.2, 0.25) is 0 Å². The molecule has 2 aromatic carbocycles. The Morgan fingerprint density at radius 3 is 2.14 bits per heavy atom. The third-order valence-corrected chi connectivity index (χ3v) is 3.67. The van der Waals surface area contributed by atoms with Gasteiger partial charge >= 0.3 is 0 Å². The Balaban J connectivity index is 1.98. The molecule has 0 saturated heterocycles. The van der Waals surface area contributed by atoms with Crippen LogP contribution in [0.15, 0.2) is 42.5 Å². The summed E-state index contributed by atoms with van der Waals surface area (Å²) < 4.78 is 13.4. The highest BCUT2D eigenvalue weighted by Gasteiger charge is 2.05. The van der Waals surface area contributed by atoms with Crippen molar-refractivity contribution < 1.29 is 4.39 Å². The zero-order valence-corrected chi connectivity index (χ0v) is 12.8. The maximum absolute atomic E-state index is 13.4. The van der Waals surface area contributed by atoms with Crippen LogP contribution in [-0.4, -0.2) is 11.9 Å². The second-order valence-corrected chi connectivity index (χ2v) is 5.47. The zero-order valence-electron chi connectivity index (χ0n) is 12.8. The van der Waals surface area contributed by atoms with Gasteiger partial charge in [-0.25, -0.2) is 4.39 Å². The van der Waals surface area contributed by atoms with Crippen molar-refractivity contribution in [3.05, 3.63) is 70.5 Å². The van der Waals surface area contributed by atoms with Crippen LogP contribution in [0.1, 0.15) is 29.2 Å². The highest BCUT2D eigenvalue weighted by Crippen LogP contribution is 2.13. The van der Waals surface area contributed by atoms with Gasteiger partial charge in [-0.15, -0.1) is 0 Å². The first-order valence-corrected chi connectivity index (χ1v) is 7.36. The number of hydrogen-bond acceptors (Lipinski definition) is 2. The molecule has 0 amide bonds. The number of nitrogens with two attached hydrogens (primary N) is 1. The number of aryl methyl sites for hydroxylation is 1. The predicted molar refractivity (Wildman–Crippen MR) is 85.3 cm³/mol. The molecule has 0 aliphatic carbocycles. The minimum atomic E-state index is -0.223. The molecule has 3 heteroatoms. The summed E-state index contributed by atoms with van der Waals surface area (Å²) in [6, 6.07) is 13.9. The first-order valence-electron chi connectivity index (χ1n) is 7.36. The molecule has 2 N–H and O–H groups in total. The summed E-state index contributed by atoms with van der Waals surface area (Å²) >= 11 is 0. The Kier molecular flexibility index (Phi) is 5.48. The largest absolute Gasteiger partial charge is 0.326 e. The van der Waals surface area contributed by atoms with Gasteiger partial charge in [-0.1, -0.05) is 43.3 Å². The van der Waals surface area contributed by atoms with E-state index in [1.54, 1.807) is 0 Å². The summed E-state index contributed by atoms with van der Waals surface area (Å²) in [4.78, 5) is 2.22. The molecular weight excluding hydrogens is 263 g/mol. The fraction of sp³-hybridized carbons (Fsp3) is 0.333. The zero-order chi connectivity index (χ0) is 15.2. The van der Waals surface area contributed by atoms with Crippen LogP contribution >= 0.6 is 0 Å². The van der Waals surface area contributed by atoms with Crippen molar-refractivity contribution in [2.45, 2.75) is 33.0 Å². The van der Waals surface area contributed by atoms with Crippen molar-refractivity contribution in [3.63, 3.8) is 0 Å². The Morgan fingerprint density at radius 1 is 0.952 bits per heavy atom. The maximum atomic E-state index is 13.4. The van der Waals surface area contributed by atoms with E-state index in [0.29, 0.717) is 5.56 Å². The topological polar surface area (TPSA) is 29.3 Å². The lowest BCUT2D eigenvalue weighted by atomic mass is 10.1. The van der Waals surface area contributed by atoms with E-state index in [4.69, 9.17) is 5.73 Å². The molecule has 112 valence electrons. The molecule has 2 rings (SSSR count). The van der Waals surface area contributed by atoms with Gasteiger partial charge in [-0.2, -0.15) is 0 Å². The molecule has 0 aliphatic heterocycles. The van der Waals surface area contributed by atoms with Crippen LogP contribution in [0.5, 0.6) is 0 Å². The Morgan fingerprint density at radius 2 is 1.52 bits per heavy atom. The van der Waals surface area contributed by atoms with Crippen LogP contribution in [0.2, 0.25) is 0 Å². The first-order chi connectivity index (χ1) is 10.1. The standard InChI is InChI=1S/C18H23FN2/c1-3-14-4-6-15(7-5-14)12-21(2)13-16-8-9-18(19)17(10-16)11-20/h4-10H,3,11-13,20H2,1-2H3. The number of nitrogens with zero attached hydrogens (tertiary/aromatic N) is 1. The van der Waals surface area contributed by atoms with E-state index in [1.807, 2.05) is 12.1 Å². The molecular formula is C18H23FN2. The number of hydrogen-bond donors (Lipinski definition) is 1. The lowest BCUT2D eigenvalue weighted by molar-refractivity contribution is 0.319. The summed E-state index contributed by atoms with van der Waals surface area (Å²) in [5.41, 5.74) is 9.85. The van der Waals surface area contributed by atoms with E-state index in [0.717, 1.165) is 25.1 Å². The average molecular weight is 286 g/mol. The summed E-state index contributed by atoms with van der Waals surface area (Å²) in [5.74, 6) is -0.223. The van der Waals surface area contributed by atoms with Crippen LogP contribution in [0.4, 0.5) is 4.39 Å². The number of halogens is 1. The fourth-order valence-electron chi connectivity index (χ4n) is 2.44. The second kappa shape index (κ2) is 7.34. The quantitative estimate of drug-likeness (QED) is 0.881. The van der Waals surface area contributed by atoms with E-state index in [1.165, 1.54) is 17.2 Å². The minimum absolute atomic E-state index is 0.223. The Hall–Kier alpha value is -1.71. The summed E-state index contributed by atoms with van der Waals surface area (Å²) in [5, 5.41) is 0. The third kappa shape index (κ3) is 4.38. The number of rotatable bonds is 6. The molecule has 0 saturated carbocycles. The Bertz CT molecular complexity index is 578. The van der Waals surface area contributed by atoms with Crippen molar-refractivity contribution in [3.8, 4) is 0 Å². The highest BCUT2D eigenvalue weighted by molar-refractivity contribution is 5.25. The average Bonchev–Trinajstić information content (AvgIpc) is 2.50. The third-order valence-electron chi connectivity index (χ3n) is 3.67. The van der Waals surface area contributed by atoms with Gasteiger partial charge in [-0.3, -0.25) is 4.90 Å². The monoisotopic (exact) mass is 286 g/mol.